The predicted octanol–water partition coefficient (Wildman–Crippen LogP) is 4.02. The third-order valence-corrected chi connectivity index (χ3v) is 4.96. The minimum absolute atomic E-state index is 0.145. The van der Waals surface area contributed by atoms with E-state index >= 15 is 0 Å². The van der Waals surface area contributed by atoms with Gasteiger partial charge in [-0.3, -0.25) is 9.59 Å². The lowest BCUT2D eigenvalue weighted by atomic mass is 10.1. The number of anilines is 1. The van der Waals surface area contributed by atoms with Gasteiger partial charge in [0, 0.05) is 23.4 Å². The highest BCUT2D eigenvalue weighted by Gasteiger charge is 2.16. The number of amides is 2. The molecule has 1 aliphatic heterocycles. The number of rotatable bonds is 8. The van der Waals surface area contributed by atoms with Crippen LogP contribution in [-0.2, 0) is 11.3 Å². The van der Waals surface area contributed by atoms with Gasteiger partial charge in [0.1, 0.15) is 18.1 Å². The van der Waals surface area contributed by atoms with Gasteiger partial charge in [0.2, 0.25) is 0 Å². The van der Waals surface area contributed by atoms with Crippen LogP contribution in [0.5, 0.6) is 5.75 Å². The van der Waals surface area contributed by atoms with Crippen LogP contribution in [0.25, 0.3) is 0 Å². The molecule has 2 N–H and O–H groups in total. The average molecular weight is 420 g/mol. The summed E-state index contributed by atoms with van der Waals surface area (Å²) < 4.78 is 16.5. The van der Waals surface area contributed by atoms with Crippen LogP contribution in [0, 0.1) is 0 Å². The van der Waals surface area contributed by atoms with Crippen molar-refractivity contribution in [1.82, 2.24) is 5.32 Å². The SMILES string of the molecule is O=C(NCc1ccco1)c1cccc(NC(=O)c2ccc(OCC3CCCO3)cc2)c1. The first-order valence-corrected chi connectivity index (χ1v) is 10.2. The van der Waals surface area contributed by atoms with Crippen molar-refractivity contribution in [3.8, 4) is 5.75 Å². The van der Waals surface area contributed by atoms with Gasteiger partial charge in [0.25, 0.3) is 11.8 Å². The molecule has 2 amide bonds. The second kappa shape index (κ2) is 9.95. The largest absolute Gasteiger partial charge is 0.491 e. The van der Waals surface area contributed by atoms with Crippen molar-refractivity contribution in [2.24, 2.45) is 0 Å². The Balaban J connectivity index is 1.31. The fourth-order valence-corrected chi connectivity index (χ4v) is 3.29. The highest BCUT2D eigenvalue weighted by atomic mass is 16.5. The highest BCUT2D eigenvalue weighted by molar-refractivity contribution is 6.05. The van der Waals surface area contributed by atoms with Crippen molar-refractivity contribution in [1.29, 1.82) is 0 Å². The second-order valence-corrected chi connectivity index (χ2v) is 7.27. The van der Waals surface area contributed by atoms with Crippen LogP contribution in [0.4, 0.5) is 5.69 Å². The molecule has 0 radical (unpaired) electrons. The Kier molecular flexibility index (Phi) is 6.64. The maximum absolute atomic E-state index is 12.6. The van der Waals surface area contributed by atoms with Gasteiger partial charge in [0.15, 0.2) is 0 Å². The maximum atomic E-state index is 12.6. The Morgan fingerprint density at radius 3 is 2.61 bits per heavy atom. The Morgan fingerprint density at radius 2 is 1.87 bits per heavy atom. The number of carbonyl (C=O) groups is 2. The maximum Gasteiger partial charge on any atom is 0.255 e. The first kappa shape index (κ1) is 20.7. The molecule has 1 atom stereocenters. The summed E-state index contributed by atoms with van der Waals surface area (Å²) >= 11 is 0. The lowest BCUT2D eigenvalue weighted by Crippen LogP contribution is -2.22. The van der Waals surface area contributed by atoms with Crippen LogP contribution in [-0.4, -0.2) is 31.1 Å². The van der Waals surface area contributed by atoms with Gasteiger partial charge >= 0.3 is 0 Å². The molecule has 31 heavy (non-hydrogen) atoms. The van der Waals surface area contributed by atoms with E-state index in [0.717, 1.165) is 19.4 Å². The van der Waals surface area contributed by atoms with E-state index < -0.39 is 0 Å². The molecular weight excluding hydrogens is 396 g/mol. The minimum Gasteiger partial charge on any atom is -0.491 e. The molecule has 2 aromatic carbocycles. The van der Waals surface area contributed by atoms with E-state index in [0.29, 0.717) is 41.5 Å². The Morgan fingerprint density at radius 1 is 1.00 bits per heavy atom. The summed E-state index contributed by atoms with van der Waals surface area (Å²) in [5.41, 5.74) is 1.48. The van der Waals surface area contributed by atoms with E-state index in [-0.39, 0.29) is 17.9 Å². The van der Waals surface area contributed by atoms with E-state index in [1.54, 1.807) is 66.9 Å². The first-order chi connectivity index (χ1) is 15.2. The number of hydrogen-bond donors (Lipinski definition) is 2. The van der Waals surface area contributed by atoms with Crippen LogP contribution >= 0.6 is 0 Å². The highest BCUT2D eigenvalue weighted by Crippen LogP contribution is 2.18. The monoisotopic (exact) mass is 420 g/mol. The van der Waals surface area contributed by atoms with E-state index in [9.17, 15) is 9.59 Å². The normalized spacial score (nSPS) is 15.4. The zero-order chi connectivity index (χ0) is 21.5. The van der Waals surface area contributed by atoms with Gasteiger partial charge in [-0.1, -0.05) is 6.07 Å². The summed E-state index contributed by atoms with van der Waals surface area (Å²) in [6.07, 6.45) is 3.78. The second-order valence-electron chi connectivity index (χ2n) is 7.27. The van der Waals surface area contributed by atoms with Gasteiger partial charge in [-0.05, 0) is 67.4 Å². The Labute approximate surface area is 180 Å². The Bertz CT molecular complexity index is 1010. The topological polar surface area (TPSA) is 89.8 Å². The van der Waals surface area contributed by atoms with Crippen molar-refractivity contribution in [3.63, 3.8) is 0 Å². The molecule has 1 saturated heterocycles. The molecule has 1 aliphatic rings. The summed E-state index contributed by atoms with van der Waals surface area (Å²) in [5.74, 6) is 0.849. The van der Waals surface area contributed by atoms with Crippen LogP contribution in [0.3, 0.4) is 0 Å². The number of benzene rings is 2. The first-order valence-electron chi connectivity index (χ1n) is 10.2. The molecule has 7 nitrogen and oxygen atoms in total. The molecule has 0 saturated carbocycles. The molecule has 4 rings (SSSR count). The molecule has 160 valence electrons. The molecule has 2 heterocycles. The molecule has 3 aromatic rings. The van der Waals surface area contributed by atoms with Crippen molar-refractivity contribution in [2.45, 2.75) is 25.5 Å². The summed E-state index contributed by atoms with van der Waals surface area (Å²) in [4.78, 5) is 24.9. The van der Waals surface area contributed by atoms with E-state index in [2.05, 4.69) is 10.6 Å². The summed E-state index contributed by atoms with van der Waals surface area (Å²) in [6.45, 7) is 1.60. The molecule has 1 unspecified atom stereocenters. The fourth-order valence-electron chi connectivity index (χ4n) is 3.29. The quantitative estimate of drug-likeness (QED) is 0.575. The third-order valence-electron chi connectivity index (χ3n) is 4.96. The molecular formula is C24H24N2O5. The summed E-state index contributed by atoms with van der Waals surface area (Å²) in [6, 6.07) is 17.3. The molecule has 0 aliphatic carbocycles. The van der Waals surface area contributed by atoms with Crippen LogP contribution < -0.4 is 15.4 Å². The van der Waals surface area contributed by atoms with Crippen LogP contribution in [0.15, 0.2) is 71.3 Å². The average Bonchev–Trinajstić information content (AvgIpc) is 3.51. The number of ether oxygens (including phenoxy) is 2. The molecule has 1 aromatic heterocycles. The van der Waals surface area contributed by atoms with Crippen molar-refractivity contribution in [2.75, 3.05) is 18.5 Å². The van der Waals surface area contributed by atoms with Crippen LogP contribution in [0.1, 0.15) is 39.3 Å². The molecule has 7 heteroatoms. The van der Waals surface area contributed by atoms with Gasteiger partial charge in [-0.25, -0.2) is 0 Å². The van der Waals surface area contributed by atoms with Crippen molar-refractivity contribution in [3.05, 3.63) is 83.8 Å². The molecule has 0 spiro atoms. The van der Waals surface area contributed by atoms with E-state index in [1.165, 1.54) is 0 Å². The third kappa shape index (κ3) is 5.73. The zero-order valence-corrected chi connectivity index (χ0v) is 17.0. The van der Waals surface area contributed by atoms with E-state index in [4.69, 9.17) is 13.9 Å². The van der Waals surface area contributed by atoms with Gasteiger partial charge in [-0.2, -0.15) is 0 Å². The lowest BCUT2D eigenvalue weighted by Gasteiger charge is -2.12. The fraction of sp³-hybridized carbons (Fsp3) is 0.250. The van der Waals surface area contributed by atoms with Gasteiger partial charge in [-0.15, -0.1) is 0 Å². The molecule has 1 fully saturated rings. The number of furan rings is 1. The van der Waals surface area contributed by atoms with Crippen molar-refractivity contribution < 1.29 is 23.5 Å². The van der Waals surface area contributed by atoms with E-state index in [1.807, 2.05) is 0 Å². The summed E-state index contributed by atoms with van der Waals surface area (Å²) in [5, 5.41) is 5.60. The smallest absolute Gasteiger partial charge is 0.255 e. The standard InChI is InChI=1S/C24H24N2O5/c27-23(25-15-21-6-2-12-29-21)18-4-1-5-19(14-18)26-24(28)17-8-10-20(11-9-17)31-16-22-7-3-13-30-22/h1-2,4-6,8-12,14,22H,3,7,13,15-16H2,(H,25,27)(H,26,28). The Hall–Kier alpha value is -3.58. The zero-order valence-electron chi connectivity index (χ0n) is 17.0. The van der Waals surface area contributed by atoms with Crippen molar-refractivity contribution >= 4 is 17.5 Å². The molecule has 0 bridgehead atoms. The number of nitrogens with one attached hydrogen (secondary N) is 2. The number of hydrogen-bond acceptors (Lipinski definition) is 5. The van der Waals surface area contributed by atoms with Gasteiger partial charge in [0.05, 0.1) is 18.9 Å². The van der Waals surface area contributed by atoms with Crippen LogP contribution in [0.2, 0.25) is 0 Å². The van der Waals surface area contributed by atoms with Gasteiger partial charge < -0.3 is 24.5 Å². The summed E-state index contributed by atoms with van der Waals surface area (Å²) in [7, 11) is 0. The minimum atomic E-state index is -0.265. The number of carbonyl (C=O) groups excluding carboxylic acids is 2. The lowest BCUT2D eigenvalue weighted by molar-refractivity contribution is 0.0679. The predicted molar refractivity (Wildman–Crippen MR) is 115 cm³/mol.